The van der Waals surface area contributed by atoms with Crippen LogP contribution in [-0.2, 0) is 16.1 Å². The number of rotatable bonds is 3. The van der Waals surface area contributed by atoms with E-state index in [4.69, 9.17) is 16.3 Å². The third kappa shape index (κ3) is 2.75. The van der Waals surface area contributed by atoms with Crippen molar-refractivity contribution in [2.45, 2.75) is 13.5 Å². The van der Waals surface area contributed by atoms with Gasteiger partial charge in [0.1, 0.15) is 0 Å². The van der Waals surface area contributed by atoms with Crippen molar-refractivity contribution in [3.05, 3.63) is 76.6 Å². The van der Waals surface area contributed by atoms with Crippen molar-refractivity contribution in [1.29, 1.82) is 0 Å². The summed E-state index contributed by atoms with van der Waals surface area (Å²) in [5, 5.41) is 1.57. The molecule has 0 atom stereocenters. The van der Waals surface area contributed by atoms with Crippen LogP contribution < -0.4 is 0 Å². The van der Waals surface area contributed by atoms with E-state index in [-0.39, 0.29) is 11.6 Å². The van der Waals surface area contributed by atoms with Gasteiger partial charge in [-0.2, -0.15) is 0 Å². The summed E-state index contributed by atoms with van der Waals surface area (Å²) in [6, 6.07) is 15.2. The Balaban J connectivity index is 1.80. The number of carbonyl (C=O) groups is 1. The van der Waals surface area contributed by atoms with Crippen LogP contribution in [0.25, 0.3) is 17.0 Å². The number of halogens is 1. The zero-order valence-corrected chi connectivity index (χ0v) is 14.3. The molecule has 1 aromatic heterocycles. The Labute approximate surface area is 150 Å². The maximum absolute atomic E-state index is 12.2. The first-order chi connectivity index (χ1) is 12.2. The lowest BCUT2D eigenvalue weighted by Crippen LogP contribution is -2.05. The molecule has 25 heavy (non-hydrogen) atoms. The number of fused-ring (bicyclic) bond motifs is 1. The van der Waals surface area contributed by atoms with Crippen molar-refractivity contribution >= 4 is 40.4 Å². The minimum absolute atomic E-state index is 0.237. The molecule has 0 unspecified atom stereocenters. The summed E-state index contributed by atoms with van der Waals surface area (Å²) in [6.07, 6.45) is 3.79. The quantitative estimate of drug-likeness (QED) is 0.509. The monoisotopic (exact) mass is 350 g/mol. The largest absolute Gasteiger partial charge is 0.402 e. The molecule has 3 aromatic rings. The molecule has 0 radical (unpaired) electrons. The van der Waals surface area contributed by atoms with Crippen LogP contribution in [0.2, 0.25) is 5.02 Å². The molecule has 2 heterocycles. The van der Waals surface area contributed by atoms with Crippen LogP contribution >= 0.6 is 11.6 Å². The lowest BCUT2D eigenvalue weighted by Gasteiger charge is -2.00. The van der Waals surface area contributed by atoms with Gasteiger partial charge >= 0.3 is 5.97 Å². The highest BCUT2D eigenvalue weighted by atomic mass is 35.5. The second-order valence-electron chi connectivity index (χ2n) is 5.70. The fourth-order valence-electron chi connectivity index (χ4n) is 2.96. The van der Waals surface area contributed by atoms with Crippen molar-refractivity contribution in [3.8, 4) is 0 Å². The Morgan fingerprint density at radius 2 is 1.92 bits per heavy atom. The van der Waals surface area contributed by atoms with Gasteiger partial charge in [0.15, 0.2) is 5.70 Å². The Morgan fingerprint density at radius 3 is 2.72 bits per heavy atom. The summed E-state index contributed by atoms with van der Waals surface area (Å²) in [5.41, 5.74) is 2.94. The maximum atomic E-state index is 12.2. The molecule has 0 fully saturated rings. The summed E-state index contributed by atoms with van der Waals surface area (Å²) < 4.78 is 7.45. The first-order valence-corrected chi connectivity index (χ1v) is 8.40. The van der Waals surface area contributed by atoms with Crippen LogP contribution in [0.1, 0.15) is 18.1 Å². The first-order valence-electron chi connectivity index (χ1n) is 8.02. The van der Waals surface area contributed by atoms with E-state index in [2.05, 4.69) is 22.5 Å². The van der Waals surface area contributed by atoms with E-state index in [0.717, 1.165) is 23.0 Å². The van der Waals surface area contributed by atoms with Gasteiger partial charge in [-0.1, -0.05) is 41.9 Å². The number of aryl methyl sites for hydroxylation is 1. The third-order valence-corrected chi connectivity index (χ3v) is 4.51. The highest BCUT2D eigenvalue weighted by Gasteiger charge is 2.25. The van der Waals surface area contributed by atoms with E-state index in [1.165, 1.54) is 0 Å². The molecule has 0 aliphatic carbocycles. The number of esters is 1. The molecule has 0 spiro atoms. The molecule has 1 aliphatic heterocycles. The van der Waals surface area contributed by atoms with Crippen molar-refractivity contribution in [3.63, 3.8) is 0 Å². The van der Waals surface area contributed by atoms with Crippen molar-refractivity contribution < 1.29 is 9.53 Å². The van der Waals surface area contributed by atoms with E-state index < -0.39 is 5.97 Å². The Hall–Kier alpha value is -2.85. The number of benzene rings is 2. The smallest absolute Gasteiger partial charge is 0.363 e. The average Bonchev–Trinajstić information content (AvgIpc) is 3.17. The van der Waals surface area contributed by atoms with Crippen LogP contribution in [0.5, 0.6) is 0 Å². The zero-order chi connectivity index (χ0) is 17.4. The van der Waals surface area contributed by atoms with E-state index in [0.29, 0.717) is 10.6 Å². The molecule has 2 aromatic carbocycles. The minimum Gasteiger partial charge on any atom is -0.402 e. The molecule has 0 N–H and O–H groups in total. The number of aromatic nitrogens is 1. The number of hydrogen-bond acceptors (Lipinski definition) is 3. The van der Waals surface area contributed by atoms with E-state index in [1.807, 2.05) is 36.5 Å². The van der Waals surface area contributed by atoms with Crippen LogP contribution in [0.3, 0.4) is 0 Å². The summed E-state index contributed by atoms with van der Waals surface area (Å²) >= 11 is 6.17. The molecular weight excluding hydrogens is 336 g/mol. The van der Waals surface area contributed by atoms with Crippen molar-refractivity contribution in [1.82, 2.24) is 4.57 Å². The predicted octanol–water partition coefficient (Wildman–Crippen LogP) is 4.66. The lowest BCUT2D eigenvalue weighted by atomic mass is 10.1. The van der Waals surface area contributed by atoms with Gasteiger partial charge in [0.25, 0.3) is 0 Å². The Kier molecular flexibility index (Phi) is 3.90. The predicted molar refractivity (Wildman–Crippen MR) is 99.7 cm³/mol. The van der Waals surface area contributed by atoms with Crippen LogP contribution in [0, 0.1) is 0 Å². The summed E-state index contributed by atoms with van der Waals surface area (Å²) in [5.74, 6) is -0.232. The van der Waals surface area contributed by atoms with E-state index in [9.17, 15) is 4.79 Å². The second kappa shape index (κ2) is 6.22. The molecule has 0 bridgehead atoms. The van der Waals surface area contributed by atoms with Gasteiger partial charge in [0.2, 0.25) is 5.90 Å². The molecule has 1 aliphatic rings. The molecule has 124 valence electrons. The summed E-state index contributed by atoms with van der Waals surface area (Å²) in [4.78, 5) is 16.6. The van der Waals surface area contributed by atoms with Gasteiger partial charge in [-0.25, -0.2) is 9.79 Å². The number of aliphatic imine (C=N–C) groups is 1. The van der Waals surface area contributed by atoms with Crippen LogP contribution in [-0.4, -0.2) is 16.4 Å². The van der Waals surface area contributed by atoms with Gasteiger partial charge in [-0.05, 0) is 31.2 Å². The minimum atomic E-state index is -0.469. The average molecular weight is 351 g/mol. The normalized spacial score (nSPS) is 15.7. The topological polar surface area (TPSA) is 43.6 Å². The Bertz CT molecular complexity index is 1050. The van der Waals surface area contributed by atoms with Gasteiger partial charge in [0, 0.05) is 29.2 Å². The van der Waals surface area contributed by atoms with Crippen molar-refractivity contribution in [2.24, 2.45) is 4.99 Å². The van der Waals surface area contributed by atoms with Crippen molar-refractivity contribution in [2.75, 3.05) is 0 Å². The van der Waals surface area contributed by atoms with Gasteiger partial charge in [0.05, 0.1) is 10.6 Å². The van der Waals surface area contributed by atoms with E-state index >= 15 is 0 Å². The number of ether oxygens (including phenoxy) is 1. The molecule has 5 heteroatoms. The molecular formula is C20H15ClN2O2. The number of para-hydroxylation sites is 1. The molecule has 0 amide bonds. The molecule has 4 nitrogen and oxygen atoms in total. The summed E-state index contributed by atoms with van der Waals surface area (Å²) in [7, 11) is 0. The van der Waals surface area contributed by atoms with E-state index in [1.54, 1.807) is 18.2 Å². The third-order valence-electron chi connectivity index (χ3n) is 4.18. The van der Waals surface area contributed by atoms with Gasteiger partial charge in [-0.15, -0.1) is 0 Å². The number of nitrogens with zero attached hydrogens (tertiary/aromatic N) is 2. The zero-order valence-electron chi connectivity index (χ0n) is 13.6. The summed E-state index contributed by atoms with van der Waals surface area (Å²) in [6.45, 7) is 2.93. The number of carbonyl (C=O) groups excluding carboxylic acids is 1. The van der Waals surface area contributed by atoms with Crippen LogP contribution in [0.15, 0.2) is 65.4 Å². The second-order valence-corrected chi connectivity index (χ2v) is 6.11. The van der Waals surface area contributed by atoms with Gasteiger partial charge < -0.3 is 9.30 Å². The number of hydrogen-bond donors (Lipinski definition) is 0. The molecule has 4 rings (SSSR count). The SMILES string of the molecule is CCn1cc(/C=C2\N=C(c3ccccc3Cl)OC2=O)c2ccccc21. The number of cyclic esters (lactones) is 1. The highest BCUT2D eigenvalue weighted by Crippen LogP contribution is 2.27. The van der Waals surface area contributed by atoms with Gasteiger partial charge in [-0.3, -0.25) is 0 Å². The highest BCUT2D eigenvalue weighted by molar-refractivity contribution is 6.34. The lowest BCUT2D eigenvalue weighted by molar-refractivity contribution is -0.129. The molecule has 0 saturated heterocycles. The van der Waals surface area contributed by atoms with Crippen LogP contribution in [0.4, 0.5) is 0 Å². The fraction of sp³-hybridized carbons (Fsp3) is 0.100. The first kappa shape index (κ1) is 15.7. The standard InChI is InChI=1S/C20H15ClN2O2/c1-2-23-12-13(14-7-4-6-10-18(14)23)11-17-20(24)25-19(22-17)15-8-3-5-9-16(15)21/h3-12H,2H2,1H3/b17-11-. The molecule has 0 saturated carbocycles. The maximum Gasteiger partial charge on any atom is 0.363 e. The fourth-order valence-corrected chi connectivity index (χ4v) is 3.17. The Morgan fingerprint density at radius 1 is 1.16 bits per heavy atom.